The van der Waals surface area contributed by atoms with Crippen molar-refractivity contribution in [2.45, 2.75) is 412 Å². The largest absolute Gasteiger partial charge is 0.462 e. The molecule has 77 heavy (non-hydrogen) atoms. The zero-order valence-corrected chi connectivity index (χ0v) is 52.5. The SMILES string of the molecule is CCCCCCCCCC/C=C\CCCCCCCCCCCCCCCCCC(=O)OCC(COC(=O)CCCCCCCCCCCCCCCCCC)OC(=O)CCCCCCCCCCCCCCCCCC. The summed E-state index contributed by atoms with van der Waals surface area (Å²) in [6.07, 6.45) is 79.5. The second-order valence-corrected chi connectivity index (χ2v) is 24.2. The van der Waals surface area contributed by atoms with E-state index in [-0.39, 0.29) is 31.1 Å². The van der Waals surface area contributed by atoms with Crippen molar-refractivity contribution in [2.24, 2.45) is 0 Å². The zero-order chi connectivity index (χ0) is 55.7. The Morgan fingerprint density at radius 2 is 0.429 bits per heavy atom. The van der Waals surface area contributed by atoms with Crippen molar-refractivity contribution < 1.29 is 28.6 Å². The Kier molecular flexibility index (Phi) is 65.1. The molecule has 0 aromatic rings. The summed E-state index contributed by atoms with van der Waals surface area (Å²) in [4.78, 5) is 38.4. The number of esters is 3. The summed E-state index contributed by atoms with van der Waals surface area (Å²) < 4.78 is 17.0. The Morgan fingerprint density at radius 1 is 0.247 bits per heavy atom. The lowest BCUT2D eigenvalue weighted by molar-refractivity contribution is -0.167. The van der Waals surface area contributed by atoms with E-state index < -0.39 is 6.10 Å². The third-order valence-electron chi connectivity index (χ3n) is 16.3. The smallest absolute Gasteiger partial charge is 0.306 e. The van der Waals surface area contributed by atoms with Crippen LogP contribution in [0.2, 0.25) is 0 Å². The minimum Gasteiger partial charge on any atom is -0.462 e. The molecule has 0 rings (SSSR count). The first-order chi connectivity index (χ1) is 38.0. The van der Waals surface area contributed by atoms with Gasteiger partial charge in [-0.25, -0.2) is 0 Å². The fourth-order valence-corrected chi connectivity index (χ4v) is 11.0. The highest BCUT2D eigenvalue weighted by Gasteiger charge is 2.19. The summed E-state index contributed by atoms with van der Waals surface area (Å²) in [5, 5.41) is 0. The maximum Gasteiger partial charge on any atom is 0.306 e. The Hall–Kier alpha value is -1.85. The predicted octanol–water partition coefficient (Wildman–Crippen LogP) is 24.0. The van der Waals surface area contributed by atoms with Crippen molar-refractivity contribution >= 4 is 17.9 Å². The summed E-state index contributed by atoms with van der Waals surface area (Å²) in [6.45, 7) is 6.73. The van der Waals surface area contributed by atoms with Gasteiger partial charge in [-0.3, -0.25) is 14.4 Å². The quantitative estimate of drug-likeness (QED) is 0.0261. The highest BCUT2D eigenvalue weighted by Crippen LogP contribution is 2.19. The first-order valence-electron chi connectivity index (χ1n) is 35.2. The van der Waals surface area contributed by atoms with Crippen molar-refractivity contribution in [3.8, 4) is 0 Å². The van der Waals surface area contributed by atoms with Crippen LogP contribution >= 0.6 is 0 Å². The zero-order valence-electron chi connectivity index (χ0n) is 52.5. The lowest BCUT2D eigenvalue weighted by Gasteiger charge is -2.18. The highest BCUT2D eigenvalue weighted by molar-refractivity contribution is 5.71. The molecule has 6 nitrogen and oxygen atoms in total. The molecule has 0 N–H and O–H groups in total. The monoisotopic (exact) mass is 1090 g/mol. The molecule has 0 aliphatic rings. The molecular formula is C71H136O6. The molecule has 0 aliphatic carbocycles. The predicted molar refractivity (Wildman–Crippen MR) is 335 cm³/mol. The number of unbranched alkanes of at least 4 members (excludes halogenated alkanes) is 53. The molecule has 0 aromatic heterocycles. The number of hydrogen-bond donors (Lipinski definition) is 0. The summed E-state index contributed by atoms with van der Waals surface area (Å²) in [6, 6.07) is 0. The molecule has 0 heterocycles. The van der Waals surface area contributed by atoms with Gasteiger partial charge in [-0.2, -0.15) is 0 Å². The summed E-state index contributed by atoms with van der Waals surface area (Å²) >= 11 is 0. The molecule has 6 heteroatoms. The normalized spacial score (nSPS) is 12.0. The van der Waals surface area contributed by atoms with Gasteiger partial charge in [0.25, 0.3) is 0 Å². The number of carbonyl (C=O) groups excluding carboxylic acids is 3. The van der Waals surface area contributed by atoms with Gasteiger partial charge in [-0.15, -0.1) is 0 Å². The van der Waals surface area contributed by atoms with Crippen LogP contribution in [0.3, 0.4) is 0 Å². The maximum absolute atomic E-state index is 12.9. The van der Waals surface area contributed by atoms with Crippen LogP contribution in [0.5, 0.6) is 0 Å². The summed E-state index contributed by atoms with van der Waals surface area (Å²) in [5.41, 5.74) is 0. The van der Waals surface area contributed by atoms with Gasteiger partial charge in [-0.05, 0) is 44.9 Å². The molecule has 1 unspecified atom stereocenters. The van der Waals surface area contributed by atoms with Gasteiger partial charge in [0.2, 0.25) is 0 Å². The van der Waals surface area contributed by atoms with Crippen LogP contribution in [0.15, 0.2) is 12.2 Å². The van der Waals surface area contributed by atoms with Crippen molar-refractivity contribution in [3.63, 3.8) is 0 Å². The molecule has 0 amide bonds. The van der Waals surface area contributed by atoms with Crippen molar-refractivity contribution in [1.82, 2.24) is 0 Å². The van der Waals surface area contributed by atoms with Crippen LogP contribution in [0.1, 0.15) is 406 Å². The third-order valence-corrected chi connectivity index (χ3v) is 16.3. The lowest BCUT2D eigenvalue weighted by atomic mass is 10.0. The van der Waals surface area contributed by atoms with Crippen molar-refractivity contribution in [2.75, 3.05) is 13.2 Å². The number of rotatable bonds is 66. The Morgan fingerprint density at radius 3 is 0.649 bits per heavy atom. The van der Waals surface area contributed by atoms with Gasteiger partial charge in [0, 0.05) is 19.3 Å². The molecule has 0 spiro atoms. The van der Waals surface area contributed by atoms with Gasteiger partial charge in [0.05, 0.1) is 0 Å². The molecule has 1 atom stereocenters. The van der Waals surface area contributed by atoms with Crippen molar-refractivity contribution in [1.29, 1.82) is 0 Å². The molecule has 0 saturated carbocycles. The van der Waals surface area contributed by atoms with Gasteiger partial charge >= 0.3 is 17.9 Å². The summed E-state index contributed by atoms with van der Waals surface area (Å²) in [7, 11) is 0. The molecule has 0 radical (unpaired) electrons. The first kappa shape index (κ1) is 75.2. The van der Waals surface area contributed by atoms with E-state index in [2.05, 4.69) is 32.9 Å². The number of ether oxygens (including phenoxy) is 3. The van der Waals surface area contributed by atoms with E-state index in [0.717, 1.165) is 57.8 Å². The number of allylic oxidation sites excluding steroid dienone is 2. The Bertz CT molecular complexity index is 1200. The minimum absolute atomic E-state index is 0.0621. The van der Waals surface area contributed by atoms with Gasteiger partial charge in [0.1, 0.15) is 13.2 Å². The van der Waals surface area contributed by atoms with Crippen LogP contribution < -0.4 is 0 Å². The molecule has 0 aliphatic heterocycles. The highest BCUT2D eigenvalue weighted by atomic mass is 16.6. The van der Waals surface area contributed by atoms with E-state index in [1.54, 1.807) is 0 Å². The molecule has 0 fully saturated rings. The van der Waals surface area contributed by atoms with Crippen LogP contribution in [0.4, 0.5) is 0 Å². The Balaban J connectivity index is 4.20. The lowest BCUT2D eigenvalue weighted by Crippen LogP contribution is -2.30. The van der Waals surface area contributed by atoms with E-state index in [0.29, 0.717) is 19.3 Å². The van der Waals surface area contributed by atoms with Gasteiger partial charge < -0.3 is 14.2 Å². The van der Waals surface area contributed by atoms with Crippen LogP contribution in [-0.4, -0.2) is 37.2 Å². The third kappa shape index (κ3) is 64.9. The van der Waals surface area contributed by atoms with E-state index in [1.165, 1.54) is 308 Å². The number of carbonyl (C=O) groups is 3. The topological polar surface area (TPSA) is 78.9 Å². The fraction of sp³-hybridized carbons (Fsp3) is 0.930. The van der Waals surface area contributed by atoms with Crippen LogP contribution in [0, 0.1) is 0 Å². The van der Waals surface area contributed by atoms with Gasteiger partial charge in [0.15, 0.2) is 6.10 Å². The fourth-order valence-electron chi connectivity index (χ4n) is 11.0. The first-order valence-corrected chi connectivity index (χ1v) is 35.2. The minimum atomic E-state index is -0.765. The molecule has 0 saturated heterocycles. The average Bonchev–Trinajstić information content (AvgIpc) is 3.43. The molecular weight excluding hydrogens is 949 g/mol. The van der Waals surface area contributed by atoms with E-state index in [4.69, 9.17) is 14.2 Å². The summed E-state index contributed by atoms with van der Waals surface area (Å²) in [5.74, 6) is -0.825. The van der Waals surface area contributed by atoms with Crippen molar-refractivity contribution in [3.05, 3.63) is 12.2 Å². The van der Waals surface area contributed by atoms with E-state index in [9.17, 15) is 14.4 Å². The second-order valence-electron chi connectivity index (χ2n) is 24.2. The van der Waals surface area contributed by atoms with E-state index in [1.807, 2.05) is 0 Å². The molecule has 456 valence electrons. The number of hydrogen-bond acceptors (Lipinski definition) is 6. The van der Waals surface area contributed by atoms with Crippen LogP contribution in [0.25, 0.3) is 0 Å². The Labute approximate surface area is 481 Å². The second kappa shape index (κ2) is 66.7. The molecule has 0 bridgehead atoms. The standard InChI is InChI=1S/C71H136O6/c1-4-7-10-13-16-19-22-25-28-31-32-33-34-35-36-37-38-39-40-41-44-46-49-52-55-58-61-64-70(73)76-67-68(77-71(74)65-62-59-56-53-50-47-43-30-27-24-21-18-15-12-9-6-3)66-75-69(72)63-60-57-54-51-48-45-42-29-26-23-20-17-14-11-8-5-2/h31-32,68H,4-30,33-67H2,1-3H3/b32-31-. The van der Waals surface area contributed by atoms with Gasteiger partial charge in [-0.1, -0.05) is 354 Å². The molecule has 0 aromatic carbocycles. The van der Waals surface area contributed by atoms with Crippen LogP contribution in [-0.2, 0) is 28.6 Å². The van der Waals surface area contributed by atoms with E-state index >= 15 is 0 Å². The average molecular weight is 1090 g/mol. The maximum atomic E-state index is 12.9.